The highest BCUT2D eigenvalue weighted by Gasteiger charge is 2.04. The van der Waals surface area contributed by atoms with Crippen LogP contribution in [-0.2, 0) is 11.2 Å². The molecule has 0 aliphatic carbocycles. The van der Waals surface area contributed by atoms with Gasteiger partial charge in [0.1, 0.15) is 5.75 Å². The minimum absolute atomic E-state index is 0.0722. The molecular formula is C20H25NO2S. The lowest BCUT2D eigenvalue weighted by Gasteiger charge is -2.10. The van der Waals surface area contributed by atoms with E-state index in [1.54, 1.807) is 11.8 Å². The van der Waals surface area contributed by atoms with E-state index in [1.807, 2.05) is 56.3 Å². The Morgan fingerprint density at radius 2 is 1.83 bits per heavy atom. The molecule has 24 heavy (non-hydrogen) atoms. The topological polar surface area (TPSA) is 38.3 Å². The predicted molar refractivity (Wildman–Crippen MR) is 101 cm³/mol. The van der Waals surface area contributed by atoms with Crippen LogP contribution in [0.25, 0.3) is 0 Å². The Bertz CT molecular complexity index is 653. The zero-order valence-electron chi connectivity index (χ0n) is 14.5. The van der Waals surface area contributed by atoms with Gasteiger partial charge in [-0.2, -0.15) is 0 Å². The largest absolute Gasteiger partial charge is 0.491 e. The molecule has 0 aliphatic heterocycles. The van der Waals surface area contributed by atoms with Crippen molar-refractivity contribution in [1.29, 1.82) is 0 Å². The van der Waals surface area contributed by atoms with Crippen molar-refractivity contribution in [3.8, 4) is 5.75 Å². The first-order valence-electron chi connectivity index (χ1n) is 8.25. The quantitative estimate of drug-likeness (QED) is 0.729. The molecule has 2 rings (SSSR count). The highest BCUT2D eigenvalue weighted by molar-refractivity contribution is 8.00. The predicted octanol–water partition coefficient (Wildman–Crippen LogP) is 4.23. The Kier molecular flexibility index (Phi) is 7.19. The molecule has 1 N–H and O–H groups in total. The Morgan fingerprint density at radius 1 is 1.12 bits per heavy atom. The summed E-state index contributed by atoms with van der Waals surface area (Å²) in [7, 11) is 0. The van der Waals surface area contributed by atoms with Gasteiger partial charge in [-0.15, -0.1) is 11.8 Å². The van der Waals surface area contributed by atoms with Gasteiger partial charge in [-0.05, 0) is 56.5 Å². The standard InChI is InChI=1S/C20H25NO2S/c1-15(2)23-18-10-8-17(9-11-18)12-13-21-20(22)14-24-19-7-5-4-6-16(19)3/h4-11,15H,12-14H2,1-3H3,(H,21,22). The van der Waals surface area contributed by atoms with Gasteiger partial charge in [0.25, 0.3) is 0 Å². The lowest BCUT2D eigenvalue weighted by Crippen LogP contribution is -2.27. The highest BCUT2D eigenvalue weighted by Crippen LogP contribution is 2.21. The van der Waals surface area contributed by atoms with E-state index in [-0.39, 0.29) is 12.0 Å². The fourth-order valence-corrected chi connectivity index (χ4v) is 3.12. The smallest absolute Gasteiger partial charge is 0.230 e. The van der Waals surface area contributed by atoms with E-state index in [0.29, 0.717) is 12.3 Å². The van der Waals surface area contributed by atoms with E-state index < -0.39 is 0 Å². The van der Waals surface area contributed by atoms with Crippen molar-refractivity contribution >= 4 is 17.7 Å². The van der Waals surface area contributed by atoms with Crippen molar-refractivity contribution in [2.24, 2.45) is 0 Å². The van der Waals surface area contributed by atoms with Gasteiger partial charge in [0.2, 0.25) is 5.91 Å². The molecule has 0 saturated heterocycles. The van der Waals surface area contributed by atoms with Crippen molar-refractivity contribution in [2.75, 3.05) is 12.3 Å². The van der Waals surface area contributed by atoms with E-state index in [0.717, 1.165) is 17.1 Å². The zero-order chi connectivity index (χ0) is 17.4. The fraction of sp³-hybridized carbons (Fsp3) is 0.350. The summed E-state index contributed by atoms with van der Waals surface area (Å²) in [6.45, 7) is 6.74. The van der Waals surface area contributed by atoms with E-state index in [2.05, 4.69) is 18.3 Å². The number of nitrogens with one attached hydrogen (secondary N) is 1. The molecule has 128 valence electrons. The molecule has 1 amide bonds. The van der Waals surface area contributed by atoms with Crippen LogP contribution in [0, 0.1) is 6.92 Å². The first-order chi connectivity index (χ1) is 11.5. The van der Waals surface area contributed by atoms with Crippen molar-refractivity contribution in [3.63, 3.8) is 0 Å². The number of thioether (sulfide) groups is 1. The second-order valence-corrected chi connectivity index (χ2v) is 6.98. The van der Waals surface area contributed by atoms with Gasteiger partial charge < -0.3 is 10.1 Å². The van der Waals surface area contributed by atoms with Crippen LogP contribution in [0.15, 0.2) is 53.4 Å². The van der Waals surface area contributed by atoms with Gasteiger partial charge in [0, 0.05) is 11.4 Å². The number of ether oxygens (including phenoxy) is 1. The molecule has 0 radical (unpaired) electrons. The maximum atomic E-state index is 11.9. The van der Waals surface area contributed by atoms with Gasteiger partial charge in [-0.1, -0.05) is 30.3 Å². The maximum absolute atomic E-state index is 11.9. The van der Waals surface area contributed by atoms with Gasteiger partial charge in [0.15, 0.2) is 0 Å². The molecule has 0 atom stereocenters. The Hall–Kier alpha value is -1.94. The number of carbonyl (C=O) groups excluding carboxylic acids is 1. The summed E-state index contributed by atoms with van der Waals surface area (Å²) in [4.78, 5) is 13.1. The van der Waals surface area contributed by atoms with Crippen LogP contribution in [0.3, 0.4) is 0 Å². The third kappa shape index (κ3) is 6.28. The van der Waals surface area contributed by atoms with Crippen molar-refractivity contribution in [2.45, 2.75) is 38.2 Å². The number of hydrogen-bond donors (Lipinski definition) is 1. The Morgan fingerprint density at radius 3 is 2.50 bits per heavy atom. The molecule has 0 spiro atoms. The monoisotopic (exact) mass is 343 g/mol. The molecule has 0 fully saturated rings. The van der Waals surface area contributed by atoms with Crippen LogP contribution >= 0.6 is 11.8 Å². The third-order valence-corrected chi connectivity index (χ3v) is 4.66. The number of benzene rings is 2. The summed E-state index contributed by atoms with van der Waals surface area (Å²) in [6.07, 6.45) is 1.00. The number of carbonyl (C=O) groups is 1. The normalized spacial score (nSPS) is 10.7. The Balaban J connectivity index is 1.70. The minimum Gasteiger partial charge on any atom is -0.491 e. The molecule has 4 heteroatoms. The molecule has 2 aromatic rings. The highest BCUT2D eigenvalue weighted by atomic mass is 32.2. The van der Waals surface area contributed by atoms with Crippen molar-refractivity contribution in [3.05, 3.63) is 59.7 Å². The van der Waals surface area contributed by atoms with Gasteiger partial charge in [-0.3, -0.25) is 4.79 Å². The molecular weight excluding hydrogens is 318 g/mol. The van der Waals surface area contributed by atoms with E-state index in [4.69, 9.17) is 4.74 Å². The second kappa shape index (κ2) is 9.38. The van der Waals surface area contributed by atoms with Crippen LogP contribution in [0.5, 0.6) is 5.75 Å². The fourth-order valence-electron chi connectivity index (χ4n) is 2.27. The lowest BCUT2D eigenvalue weighted by atomic mass is 10.1. The lowest BCUT2D eigenvalue weighted by molar-refractivity contribution is -0.118. The molecule has 3 nitrogen and oxygen atoms in total. The summed E-state index contributed by atoms with van der Waals surface area (Å²) in [5.41, 5.74) is 2.40. The molecule has 2 aromatic carbocycles. The Labute approximate surface area is 148 Å². The molecule has 0 aromatic heterocycles. The maximum Gasteiger partial charge on any atom is 0.230 e. The number of aryl methyl sites for hydroxylation is 1. The minimum atomic E-state index is 0.0722. The van der Waals surface area contributed by atoms with Crippen molar-refractivity contribution < 1.29 is 9.53 Å². The van der Waals surface area contributed by atoms with E-state index in [9.17, 15) is 4.79 Å². The summed E-state index contributed by atoms with van der Waals surface area (Å²) in [5.74, 6) is 1.40. The van der Waals surface area contributed by atoms with Crippen LogP contribution in [0.2, 0.25) is 0 Å². The summed E-state index contributed by atoms with van der Waals surface area (Å²) in [6, 6.07) is 16.2. The molecule has 0 bridgehead atoms. The molecule has 0 saturated carbocycles. The average molecular weight is 343 g/mol. The average Bonchev–Trinajstić information content (AvgIpc) is 2.55. The van der Waals surface area contributed by atoms with Gasteiger partial charge >= 0.3 is 0 Å². The number of amides is 1. The third-order valence-electron chi connectivity index (χ3n) is 3.48. The molecule has 0 heterocycles. The van der Waals surface area contributed by atoms with Gasteiger partial charge in [-0.25, -0.2) is 0 Å². The second-order valence-electron chi connectivity index (χ2n) is 5.96. The molecule has 0 unspecified atom stereocenters. The first kappa shape index (κ1) is 18.4. The van der Waals surface area contributed by atoms with E-state index >= 15 is 0 Å². The van der Waals surface area contributed by atoms with Crippen LogP contribution in [-0.4, -0.2) is 24.3 Å². The SMILES string of the molecule is Cc1ccccc1SCC(=O)NCCc1ccc(OC(C)C)cc1. The summed E-state index contributed by atoms with van der Waals surface area (Å²) < 4.78 is 5.62. The first-order valence-corrected chi connectivity index (χ1v) is 9.24. The van der Waals surface area contributed by atoms with Gasteiger partial charge in [0.05, 0.1) is 11.9 Å². The van der Waals surface area contributed by atoms with E-state index in [1.165, 1.54) is 11.1 Å². The van der Waals surface area contributed by atoms with Crippen LogP contribution in [0.4, 0.5) is 0 Å². The number of hydrogen-bond acceptors (Lipinski definition) is 3. The van der Waals surface area contributed by atoms with Crippen molar-refractivity contribution in [1.82, 2.24) is 5.32 Å². The van der Waals surface area contributed by atoms with Crippen LogP contribution < -0.4 is 10.1 Å². The summed E-state index contributed by atoms with van der Waals surface area (Å²) >= 11 is 1.58. The van der Waals surface area contributed by atoms with Crippen LogP contribution in [0.1, 0.15) is 25.0 Å². The summed E-state index contributed by atoms with van der Waals surface area (Å²) in [5, 5.41) is 2.98. The number of rotatable bonds is 8. The molecule has 0 aliphatic rings. The zero-order valence-corrected chi connectivity index (χ0v) is 15.4.